The van der Waals surface area contributed by atoms with Crippen LogP contribution in [0.3, 0.4) is 0 Å². The van der Waals surface area contributed by atoms with Gasteiger partial charge in [-0.15, -0.1) is 0 Å². The highest BCUT2D eigenvalue weighted by molar-refractivity contribution is 7.92. The number of benzene rings is 1. The van der Waals surface area contributed by atoms with Gasteiger partial charge in [-0.25, -0.2) is 13.4 Å². The van der Waals surface area contributed by atoms with Crippen LogP contribution in [0.2, 0.25) is 5.15 Å². The Bertz CT molecular complexity index is 687. The van der Waals surface area contributed by atoms with Crippen molar-refractivity contribution in [2.75, 3.05) is 0 Å². The number of alkyl halides is 1. The van der Waals surface area contributed by atoms with Crippen molar-refractivity contribution in [3.8, 4) is 0 Å². The molecule has 0 N–H and O–H groups in total. The number of halogens is 2. The third kappa shape index (κ3) is 2.88. The van der Waals surface area contributed by atoms with Crippen LogP contribution in [0.5, 0.6) is 0 Å². The Kier molecular flexibility index (Phi) is 4.08. The van der Waals surface area contributed by atoms with Crippen molar-refractivity contribution < 1.29 is 8.42 Å². The predicted octanol–water partition coefficient (Wildman–Crippen LogP) is 3.15. The quantitative estimate of drug-likeness (QED) is 0.816. The Morgan fingerprint density at radius 2 is 1.68 bits per heavy atom. The van der Waals surface area contributed by atoms with Crippen molar-refractivity contribution in [2.45, 2.75) is 16.5 Å². The summed E-state index contributed by atoms with van der Waals surface area (Å²) in [6.07, 6.45) is 2.72. The average molecular weight is 317 g/mol. The fraction of sp³-hybridized carbons (Fsp3) is 0.167. The highest BCUT2D eigenvalue weighted by atomic mass is 35.5. The van der Waals surface area contributed by atoms with E-state index in [2.05, 4.69) is 9.97 Å². The number of aryl methyl sites for hydroxylation is 1. The van der Waals surface area contributed by atoms with E-state index in [1.165, 1.54) is 24.5 Å². The zero-order valence-corrected chi connectivity index (χ0v) is 12.2. The van der Waals surface area contributed by atoms with E-state index in [1.807, 2.05) is 6.92 Å². The van der Waals surface area contributed by atoms with Crippen LogP contribution in [-0.2, 0) is 9.84 Å². The Balaban J connectivity index is 2.45. The van der Waals surface area contributed by atoms with E-state index in [0.29, 0.717) is 0 Å². The van der Waals surface area contributed by atoms with Gasteiger partial charge in [0, 0.05) is 12.4 Å². The van der Waals surface area contributed by atoms with Crippen molar-refractivity contribution in [1.82, 2.24) is 9.97 Å². The molecule has 0 aliphatic rings. The Hall–Kier alpha value is -1.17. The lowest BCUT2D eigenvalue weighted by Crippen LogP contribution is -2.11. The first kappa shape index (κ1) is 14.2. The molecular formula is C12H10Cl2N2O2S. The van der Waals surface area contributed by atoms with Gasteiger partial charge < -0.3 is 0 Å². The molecule has 4 nitrogen and oxygen atoms in total. The topological polar surface area (TPSA) is 59.9 Å². The normalized spacial score (nSPS) is 13.2. The fourth-order valence-corrected chi connectivity index (χ4v) is 3.50. The van der Waals surface area contributed by atoms with E-state index in [4.69, 9.17) is 23.2 Å². The monoisotopic (exact) mass is 316 g/mol. The van der Waals surface area contributed by atoms with Gasteiger partial charge in [0.05, 0.1) is 4.90 Å². The molecule has 0 fully saturated rings. The molecule has 100 valence electrons. The molecule has 19 heavy (non-hydrogen) atoms. The van der Waals surface area contributed by atoms with Gasteiger partial charge in [0.25, 0.3) is 0 Å². The molecular weight excluding hydrogens is 307 g/mol. The van der Waals surface area contributed by atoms with Crippen LogP contribution in [0, 0.1) is 6.92 Å². The molecule has 0 bridgehead atoms. The lowest BCUT2D eigenvalue weighted by atomic mass is 10.2. The molecule has 1 unspecified atom stereocenters. The molecule has 0 aliphatic heterocycles. The maximum absolute atomic E-state index is 12.3. The maximum Gasteiger partial charge on any atom is 0.201 e. The van der Waals surface area contributed by atoms with Gasteiger partial charge in [0.2, 0.25) is 9.84 Å². The summed E-state index contributed by atoms with van der Waals surface area (Å²) in [5.74, 6) is 0. The molecule has 7 heteroatoms. The predicted molar refractivity (Wildman–Crippen MR) is 74.0 cm³/mol. The zero-order chi connectivity index (χ0) is 14.0. The highest BCUT2D eigenvalue weighted by Gasteiger charge is 2.30. The summed E-state index contributed by atoms with van der Waals surface area (Å²) in [5, 5.41) is -0.0156. The molecule has 2 aromatic rings. The van der Waals surface area contributed by atoms with Crippen LogP contribution in [-0.4, -0.2) is 18.4 Å². The van der Waals surface area contributed by atoms with E-state index in [9.17, 15) is 8.42 Å². The van der Waals surface area contributed by atoms with E-state index in [1.54, 1.807) is 12.1 Å². The van der Waals surface area contributed by atoms with Crippen LogP contribution in [0.1, 0.15) is 16.0 Å². The fourth-order valence-electron chi connectivity index (χ4n) is 1.48. The molecule has 0 aliphatic carbocycles. The summed E-state index contributed by atoms with van der Waals surface area (Å²) in [6.45, 7) is 1.87. The third-order valence-corrected chi connectivity index (χ3v) is 5.42. The van der Waals surface area contributed by atoms with Gasteiger partial charge in [-0.2, -0.15) is 0 Å². The maximum atomic E-state index is 12.3. The van der Waals surface area contributed by atoms with Crippen molar-refractivity contribution in [2.24, 2.45) is 0 Å². The van der Waals surface area contributed by atoms with Crippen LogP contribution >= 0.6 is 23.2 Å². The number of sulfone groups is 1. The van der Waals surface area contributed by atoms with Gasteiger partial charge in [-0.1, -0.05) is 40.9 Å². The Morgan fingerprint density at radius 3 is 2.26 bits per heavy atom. The SMILES string of the molecule is Cc1ccc(S(=O)(=O)C(Cl)c2nccnc2Cl)cc1. The molecule has 0 radical (unpaired) electrons. The zero-order valence-electron chi connectivity index (χ0n) is 9.92. The molecule has 0 saturated heterocycles. The van der Waals surface area contributed by atoms with E-state index < -0.39 is 14.5 Å². The number of hydrogen-bond donors (Lipinski definition) is 0. The molecule has 1 heterocycles. The minimum Gasteiger partial charge on any atom is -0.254 e. The van der Waals surface area contributed by atoms with Crippen LogP contribution in [0.25, 0.3) is 0 Å². The molecule has 1 aromatic carbocycles. The first-order valence-corrected chi connectivity index (χ1v) is 7.70. The van der Waals surface area contributed by atoms with Gasteiger partial charge in [-0.05, 0) is 19.1 Å². The largest absolute Gasteiger partial charge is 0.254 e. The van der Waals surface area contributed by atoms with Gasteiger partial charge in [0.1, 0.15) is 5.69 Å². The van der Waals surface area contributed by atoms with E-state index >= 15 is 0 Å². The molecule has 1 aromatic heterocycles. The van der Waals surface area contributed by atoms with Gasteiger partial charge >= 0.3 is 0 Å². The summed E-state index contributed by atoms with van der Waals surface area (Å²) in [6, 6.07) is 6.41. The smallest absolute Gasteiger partial charge is 0.201 e. The highest BCUT2D eigenvalue weighted by Crippen LogP contribution is 2.33. The number of nitrogens with zero attached hydrogens (tertiary/aromatic N) is 2. The van der Waals surface area contributed by atoms with Crippen LogP contribution < -0.4 is 0 Å². The minimum atomic E-state index is -3.75. The summed E-state index contributed by atoms with van der Waals surface area (Å²) >= 11 is 11.8. The first-order chi connectivity index (χ1) is 8.93. The van der Waals surface area contributed by atoms with Crippen LogP contribution in [0.4, 0.5) is 0 Å². The number of rotatable bonds is 3. The van der Waals surface area contributed by atoms with E-state index in [-0.39, 0.29) is 15.7 Å². The standard InChI is InChI=1S/C12H10Cl2N2O2S/c1-8-2-4-9(5-3-8)19(17,18)12(14)10-11(13)16-7-6-15-10/h2-7,12H,1H3. The second-order valence-electron chi connectivity index (χ2n) is 3.91. The molecule has 0 spiro atoms. The van der Waals surface area contributed by atoms with E-state index in [0.717, 1.165) is 5.56 Å². The second kappa shape index (κ2) is 5.45. The average Bonchev–Trinajstić information content (AvgIpc) is 2.39. The van der Waals surface area contributed by atoms with Crippen molar-refractivity contribution in [3.63, 3.8) is 0 Å². The Morgan fingerprint density at radius 1 is 1.11 bits per heavy atom. The van der Waals surface area contributed by atoms with Crippen LogP contribution in [0.15, 0.2) is 41.6 Å². The number of aromatic nitrogens is 2. The second-order valence-corrected chi connectivity index (χ2v) is 6.99. The van der Waals surface area contributed by atoms with Gasteiger partial charge in [-0.3, -0.25) is 4.98 Å². The molecule has 2 rings (SSSR count). The first-order valence-electron chi connectivity index (χ1n) is 5.34. The third-order valence-electron chi connectivity index (χ3n) is 2.52. The van der Waals surface area contributed by atoms with Crippen molar-refractivity contribution >= 4 is 33.0 Å². The molecule has 0 amide bonds. The summed E-state index contributed by atoms with van der Waals surface area (Å²) < 4.78 is 23.3. The summed E-state index contributed by atoms with van der Waals surface area (Å²) in [5.41, 5.74) is 0.994. The van der Waals surface area contributed by atoms with Crippen molar-refractivity contribution in [1.29, 1.82) is 0 Å². The number of hydrogen-bond acceptors (Lipinski definition) is 4. The molecule has 1 atom stereocenters. The van der Waals surface area contributed by atoms with Crippen molar-refractivity contribution in [3.05, 3.63) is 53.1 Å². The lowest BCUT2D eigenvalue weighted by Gasteiger charge is -2.11. The van der Waals surface area contributed by atoms with Gasteiger partial charge in [0.15, 0.2) is 9.86 Å². The Labute approximate surface area is 121 Å². The summed E-state index contributed by atoms with van der Waals surface area (Å²) in [4.78, 5) is 7.78. The summed E-state index contributed by atoms with van der Waals surface area (Å²) in [7, 11) is -3.75. The molecule has 0 saturated carbocycles. The minimum absolute atomic E-state index is 0.0156. The lowest BCUT2D eigenvalue weighted by molar-refractivity contribution is 0.593.